The van der Waals surface area contributed by atoms with Crippen LogP contribution in [-0.2, 0) is 0 Å². The zero-order valence-electron chi connectivity index (χ0n) is 10.8. The molecule has 0 aliphatic carbocycles. The van der Waals surface area contributed by atoms with E-state index >= 15 is 0 Å². The van der Waals surface area contributed by atoms with Gasteiger partial charge < -0.3 is 10.8 Å². The topological polar surface area (TPSA) is 49.5 Å². The minimum Gasteiger partial charge on any atom is -0.395 e. The van der Waals surface area contributed by atoms with Crippen molar-refractivity contribution < 1.29 is 13.9 Å². The number of alkyl halides is 2. The van der Waals surface area contributed by atoms with E-state index in [-0.39, 0.29) is 19.2 Å². The molecule has 0 aliphatic heterocycles. The van der Waals surface area contributed by atoms with Gasteiger partial charge in [0.1, 0.15) is 0 Å². The molecule has 1 aromatic carbocycles. The van der Waals surface area contributed by atoms with Crippen molar-refractivity contribution in [1.29, 1.82) is 0 Å². The third kappa shape index (κ3) is 4.69. The van der Waals surface area contributed by atoms with Crippen molar-refractivity contribution in [2.75, 3.05) is 19.7 Å². The van der Waals surface area contributed by atoms with Gasteiger partial charge in [0, 0.05) is 17.6 Å². The van der Waals surface area contributed by atoms with Crippen LogP contribution in [0.1, 0.15) is 18.5 Å². The number of aliphatic hydroxyl groups is 1. The molecule has 0 fully saturated rings. The molecule has 0 saturated carbocycles. The zero-order valence-corrected chi connectivity index (χ0v) is 11.5. The van der Waals surface area contributed by atoms with Crippen LogP contribution in [-0.4, -0.2) is 42.2 Å². The van der Waals surface area contributed by atoms with Gasteiger partial charge in [0.2, 0.25) is 0 Å². The van der Waals surface area contributed by atoms with Crippen LogP contribution in [0.4, 0.5) is 8.78 Å². The van der Waals surface area contributed by atoms with E-state index in [0.717, 1.165) is 0 Å². The number of hydrogen-bond acceptors (Lipinski definition) is 3. The summed E-state index contributed by atoms with van der Waals surface area (Å²) in [5.74, 6) is 0. The summed E-state index contributed by atoms with van der Waals surface area (Å²) in [6, 6.07) is 6.20. The van der Waals surface area contributed by atoms with Gasteiger partial charge in [0.15, 0.2) is 0 Å². The Balaban J connectivity index is 3.06. The maximum atomic E-state index is 12.7. The summed E-state index contributed by atoms with van der Waals surface area (Å²) in [7, 11) is 0. The van der Waals surface area contributed by atoms with Crippen molar-refractivity contribution in [3.8, 4) is 0 Å². The minimum atomic E-state index is -2.49. The Morgan fingerprint density at radius 1 is 1.37 bits per heavy atom. The Morgan fingerprint density at radius 3 is 2.47 bits per heavy atom. The van der Waals surface area contributed by atoms with Crippen molar-refractivity contribution in [2.45, 2.75) is 25.4 Å². The van der Waals surface area contributed by atoms with Gasteiger partial charge in [-0.15, -0.1) is 0 Å². The molecule has 3 nitrogen and oxygen atoms in total. The molecule has 0 bridgehead atoms. The van der Waals surface area contributed by atoms with Crippen LogP contribution in [0, 0.1) is 0 Å². The monoisotopic (exact) mass is 292 g/mol. The fraction of sp³-hybridized carbons (Fsp3) is 0.538. The number of rotatable bonds is 7. The molecule has 0 radical (unpaired) electrons. The minimum absolute atomic E-state index is 0.127. The van der Waals surface area contributed by atoms with E-state index < -0.39 is 19.0 Å². The fourth-order valence-corrected chi connectivity index (χ4v) is 2.42. The molecule has 0 heterocycles. The lowest BCUT2D eigenvalue weighted by Crippen LogP contribution is -2.43. The van der Waals surface area contributed by atoms with E-state index in [0.29, 0.717) is 10.6 Å². The Morgan fingerprint density at radius 2 is 2.00 bits per heavy atom. The molecule has 6 heteroatoms. The molecule has 1 aromatic rings. The average molecular weight is 293 g/mol. The summed E-state index contributed by atoms with van der Waals surface area (Å²) < 4.78 is 25.3. The molecule has 0 amide bonds. The van der Waals surface area contributed by atoms with Gasteiger partial charge in [-0.05, 0) is 18.6 Å². The summed E-state index contributed by atoms with van der Waals surface area (Å²) in [6.07, 6.45) is -2.49. The quantitative estimate of drug-likeness (QED) is 0.811. The SMILES string of the molecule is CC(N)C(c1ccccc1Cl)N(CCO)CC(F)F. The molecule has 0 aliphatic rings. The van der Waals surface area contributed by atoms with Crippen molar-refractivity contribution in [3.05, 3.63) is 34.9 Å². The summed E-state index contributed by atoms with van der Waals surface area (Å²) >= 11 is 6.11. The van der Waals surface area contributed by atoms with Crippen LogP contribution in [0.15, 0.2) is 24.3 Å². The normalized spacial score (nSPS) is 14.9. The first-order chi connectivity index (χ1) is 8.97. The van der Waals surface area contributed by atoms with Crippen LogP contribution in [0.3, 0.4) is 0 Å². The van der Waals surface area contributed by atoms with Crippen LogP contribution in [0.2, 0.25) is 5.02 Å². The second kappa shape index (κ2) is 7.75. The molecule has 0 spiro atoms. The Bertz CT molecular complexity index is 391. The van der Waals surface area contributed by atoms with E-state index in [1.807, 2.05) is 0 Å². The van der Waals surface area contributed by atoms with Gasteiger partial charge in [-0.2, -0.15) is 0 Å². The van der Waals surface area contributed by atoms with E-state index in [1.54, 1.807) is 31.2 Å². The van der Waals surface area contributed by atoms with Crippen LogP contribution >= 0.6 is 11.6 Å². The van der Waals surface area contributed by atoms with Gasteiger partial charge >= 0.3 is 0 Å². The average Bonchev–Trinajstić information content (AvgIpc) is 2.31. The molecule has 1 rings (SSSR count). The van der Waals surface area contributed by atoms with E-state index in [9.17, 15) is 8.78 Å². The van der Waals surface area contributed by atoms with E-state index in [1.165, 1.54) is 4.90 Å². The second-order valence-electron chi connectivity index (χ2n) is 4.44. The van der Waals surface area contributed by atoms with Crippen molar-refractivity contribution in [3.63, 3.8) is 0 Å². The van der Waals surface area contributed by atoms with Gasteiger partial charge in [-0.1, -0.05) is 29.8 Å². The molecule has 3 N–H and O–H groups in total. The summed E-state index contributed by atoms with van der Waals surface area (Å²) in [6.45, 7) is 1.21. The summed E-state index contributed by atoms with van der Waals surface area (Å²) in [4.78, 5) is 1.47. The third-order valence-corrected chi connectivity index (χ3v) is 3.22. The number of hydrogen-bond donors (Lipinski definition) is 2. The highest BCUT2D eigenvalue weighted by Gasteiger charge is 2.27. The van der Waals surface area contributed by atoms with Gasteiger partial charge in [0.05, 0.1) is 19.2 Å². The Labute approximate surface area is 117 Å². The fourth-order valence-electron chi connectivity index (χ4n) is 2.18. The van der Waals surface area contributed by atoms with Gasteiger partial charge in [0.25, 0.3) is 6.43 Å². The first-order valence-corrected chi connectivity index (χ1v) is 6.48. The number of nitrogens with two attached hydrogens (primary N) is 1. The molecule has 0 aromatic heterocycles. The lowest BCUT2D eigenvalue weighted by Gasteiger charge is -2.34. The highest BCUT2D eigenvalue weighted by atomic mass is 35.5. The third-order valence-electron chi connectivity index (χ3n) is 2.88. The maximum Gasteiger partial charge on any atom is 0.251 e. The van der Waals surface area contributed by atoms with Gasteiger partial charge in [-0.3, -0.25) is 4.90 Å². The standard InChI is InChI=1S/C13H19ClF2N2O/c1-9(17)13(10-4-2-3-5-11(10)14)18(6-7-19)8-12(15)16/h2-5,9,12-13,19H,6-8,17H2,1H3. The lowest BCUT2D eigenvalue weighted by molar-refractivity contribution is 0.0487. The van der Waals surface area contributed by atoms with Crippen LogP contribution < -0.4 is 5.73 Å². The number of nitrogens with zero attached hydrogens (tertiary/aromatic N) is 1. The maximum absolute atomic E-state index is 12.7. The van der Waals surface area contributed by atoms with Gasteiger partial charge in [-0.25, -0.2) is 8.78 Å². The zero-order chi connectivity index (χ0) is 14.4. The van der Waals surface area contributed by atoms with Crippen molar-refractivity contribution >= 4 is 11.6 Å². The molecular weight excluding hydrogens is 274 g/mol. The second-order valence-corrected chi connectivity index (χ2v) is 4.84. The van der Waals surface area contributed by atoms with Crippen LogP contribution in [0.5, 0.6) is 0 Å². The first-order valence-electron chi connectivity index (χ1n) is 6.10. The van der Waals surface area contributed by atoms with E-state index in [2.05, 4.69) is 0 Å². The highest BCUT2D eigenvalue weighted by molar-refractivity contribution is 6.31. The van der Waals surface area contributed by atoms with E-state index in [4.69, 9.17) is 22.4 Å². The van der Waals surface area contributed by atoms with Crippen molar-refractivity contribution in [1.82, 2.24) is 4.90 Å². The molecule has 0 saturated heterocycles. The largest absolute Gasteiger partial charge is 0.395 e. The van der Waals surface area contributed by atoms with Crippen molar-refractivity contribution in [2.24, 2.45) is 5.73 Å². The highest BCUT2D eigenvalue weighted by Crippen LogP contribution is 2.29. The Hall–Kier alpha value is -0.750. The number of halogens is 3. The molecular formula is C13H19ClF2N2O. The smallest absolute Gasteiger partial charge is 0.251 e. The molecule has 108 valence electrons. The Kier molecular flexibility index (Phi) is 6.65. The molecule has 2 atom stereocenters. The lowest BCUT2D eigenvalue weighted by atomic mass is 9.99. The van der Waals surface area contributed by atoms with Crippen LogP contribution in [0.25, 0.3) is 0 Å². The predicted octanol–water partition coefficient (Wildman–Crippen LogP) is 2.29. The first kappa shape index (κ1) is 16.3. The number of benzene rings is 1. The summed E-state index contributed by atoms with van der Waals surface area (Å²) in [5, 5.41) is 9.52. The predicted molar refractivity (Wildman–Crippen MR) is 72.5 cm³/mol. The number of aliphatic hydroxyl groups excluding tert-OH is 1. The molecule has 19 heavy (non-hydrogen) atoms. The summed E-state index contributed by atoms with van der Waals surface area (Å²) in [5.41, 5.74) is 6.62. The molecule has 2 unspecified atom stereocenters.